The molecule has 0 aliphatic rings. The number of methoxy groups -OCH3 is 1. The summed E-state index contributed by atoms with van der Waals surface area (Å²) >= 11 is 0. The van der Waals surface area contributed by atoms with Gasteiger partial charge in [-0.05, 0) is 12.5 Å². The van der Waals surface area contributed by atoms with E-state index in [9.17, 15) is 4.79 Å². The minimum atomic E-state index is 0.0215. The van der Waals surface area contributed by atoms with Gasteiger partial charge in [-0.15, -0.1) is 0 Å². The summed E-state index contributed by atoms with van der Waals surface area (Å²) in [6.45, 7) is 2.44. The first-order chi connectivity index (χ1) is 7.24. The minimum absolute atomic E-state index is 0.0215. The highest BCUT2D eigenvalue weighted by atomic mass is 16.5. The summed E-state index contributed by atoms with van der Waals surface area (Å²) < 4.78 is 4.84. The van der Waals surface area contributed by atoms with Crippen molar-refractivity contribution < 1.29 is 9.53 Å². The van der Waals surface area contributed by atoms with Crippen molar-refractivity contribution in [2.45, 2.75) is 19.4 Å². The second kappa shape index (κ2) is 6.19. The van der Waals surface area contributed by atoms with E-state index in [1.54, 1.807) is 7.11 Å². The maximum absolute atomic E-state index is 11.4. The van der Waals surface area contributed by atoms with E-state index in [1.807, 2.05) is 37.3 Å². The highest BCUT2D eigenvalue weighted by Gasteiger charge is 2.08. The van der Waals surface area contributed by atoms with Crippen molar-refractivity contribution in [3.05, 3.63) is 35.9 Å². The van der Waals surface area contributed by atoms with E-state index in [0.29, 0.717) is 13.0 Å². The lowest BCUT2D eigenvalue weighted by Crippen LogP contribution is -2.27. The predicted octanol–water partition coefficient (Wildman–Crippen LogP) is 1.90. The summed E-state index contributed by atoms with van der Waals surface area (Å²) in [5.41, 5.74) is 1.11. The van der Waals surface area contributed by atoms with Gasteiger partial charge in [-0.3, -0.25) is 4.79 Å². The van der Waals surface area contributed by atoms with Crippen molar-refractivity contribution in [1.82, 2.24) is 5.32 Å². The van der Waals surface area contributed by atoms with Crippen molar-refractivity contribution in [2.24, 2.45) is 0 Å². The van der Waals surface area contributed by atoms with E-state index in [-0.39, 0.29) is 11.9 Å². The molecule has 0 spiro atoms. The van der Waals surface area contributed by atoms with Crippen LogP contribution < -0.4 is 5.32 Å². The van der Waals surface area contributed by atoms with Gasteiger partial charge in [-0.2, -0.15) is 0 Å². The van der Waals surface area contributed by atoms with Gasteiger partial charge in [0, 0.05) is 13.5 Å². The fourth-order valence-corrected chi connectivity index (χ4v) is 1.33. The molecule has 82 valence electrons. The summed E-state index contributed by atoms with van der Waals surface area (Å²) in [6, 6.07) is 9.95. The lowest BCUT2D eigenvalue weighted by Gasteiger charge is -2.13. The van der Waals surface area contributed by atoms with Crippen molar-refractivity contribution in [3.8, 4) is 0 Å². The molecule has 0 aliphatic heterocycles. The van der Waals surface area contributed by atoms with Crippen LogP contribution in [-0.2, 0) is 9.53 Å². The van der Waals surface area contributed by atoms with Gasteiger partial charge in [-0.25, -0.2) is 0 Å². The molecule has 0 heterocycles. The molecule has 3 heteroatoms. The smallest absolute Gasteiger partial charge is 0.222 e. The Morgan fingerprint density at radius 3 is 2.67 bits per heavy atom. The summed E-state index contributed by atoms with van der Waals surface area (Å²) in [5, 5.41) is 2.91. The summed E-state index contributed by atoms with van der Waals surface area (Å²) in [7, 11) is 1.59. The molecule has 1 rings (SSSR count). The van der Waals surface area contributed by atoms with E-state index in [4.69, 9.17) is 4.74 Å². The first kappa shape index (κ1) is 11.7. The lowest BCUT2D eigenvalue weighted by molar-refractivity contribution is -0.122. The van der Waals surface area contributed by atoms with Crippen LogP contribution in [0.15, 0.2) is 30.3 Å². The van der Waals surface area contributed by atoms with E-state index in [0.717, 1.165) is 5.56 Å². The van der Waals surface area contributed by atoms with Crippen LogP contribution in [-0.4, -0.2) is 19.6 Å². The Labute approximate surface area is 90.4 Å². The van der Waals surface area contributed by atoms with Gasteiger partial charge in [0.15, 0.2) is 0 Å². The van der Waals surface area contributed by atoms with Crippen LogP contribution in [0.2, 0.25) is 0 Å². The molecule has 1 amide bonds. The molecule has 0 saturated carbocycles. The number of ether oxygens (including phenoxy) is 1. The van der Waals surface area contributed by atoms with E-state index >= 15 is 0 Å². The van der Waals surface area contributed by atoms with Gasteiger partial charge in [0.2, 0.25) is 5.91 Å². The van der Waals surface area contributed by atoms with Crippen molar-refractivity contribution in [2.75, 3.05) is 13.7 Å². The number of rotatable bonds is 5. The quantitative estimate of drug-likeness (QED) is 0.800. The Balaban J connectivity index is 2.42. The highest BCUT2D eigenvalue weighted by molar-refractivity contribution is 5.76. The fraction of sp³-hybridized carbons (Fsp3) is 0.417. The average molecular weight is 207 g/mol. The SMILES string of the molecule is COCCC(=O)NC(C)c1ccccc1. The van der Waals surface area contributed by atoms with E-state index in [1.165, 1.54) is 0 Å². The average Bonchev–Trinajstić information content (AvgIpc) is 2.27. The molecule has 0 radical (unpaired) electrons. The zero-order valence-corrected chi connectivity index (χ0v) is 9.19. The zero-order valence-electron chi connectivity index (χ0n) is 9.19. The topological polar surface area (TPSA) is 38.3 Å². The second-order valence-corrected chi connectivity index (χ2v) is 3.44. The molecule has 1 unspecified atom stereocenters. The third-order valence-electron chi connectivity index (χ3n) is 2.21. The third-order valence-corrected chi connectivity index (χ3v) is 2.21. The highest BCUT2D eigenvalue weighted by Crippen LogP contribution is 2.10. The molecule has 15 heavy (non-hydrogen) atoms. The van der Waals surface area contributed by atoms with Crippen molar-refractivity contribution >= 4 is 5.91 Å². The Morgan fingerprint density at radius 1 is 1.40 bits per heavy atom. The molecule has 1 atom stereocenters. The number of nitrogens with one attached hydrogen (secondary N) is 1. The fourth-order valence-electron chi connectivity index (χ4n) is 1.33. The van der Waals surface area contributed by atoms with Crippen LogP contribution >= 0.6 is 0 Å². The Kier molecular flexibility index (Phi) is 4.84. The molecule has 1 N–H and O–H groups in total. The summed E-state index contributed by atoms with van der Waals surface area (Å²) in [6.07, 6.45) is 0.410. The van der Waals surface area contributed by atoms with Gasteiger partial charge >= 0.3 is 0 Å². The zero-order chi connectivity index (χ0) is 11.1. The molecule has 0 bridgehead atoms. The maximum atomic E-state index is 11.4. The van der Waals surface area contributed by atoms with Crippen LogP contribution in [0.5, 0.6) is 0 Å². The second-order valence-electron chi connectivity index (χ2n) is 3.44. The number of carbonyl (C=O) groups is 1. The molecule has 0 fully saturated rings. The largest absolute Gasteiger partial charge is 0.384 e. The van der Waals surface area contributed by atoms with Crippen molar-refractivity contribution in [3.63, 3.8) is 0 Å². The number of benzene rings is 1. The maximum Gasteiger partial charge on any atom is 0.222 e. The Morgan fingerprint density at radius 2 is 2.07 bits per heavy atom. The molecule has 1 aromatic rings. The molecule has 1 aromatic carbocycles. The molecular formula is C12H17NO2. The van der Waals surface area contributed by atoms with E-state index < -0.39 is 0 Å². The Bertz CT molecular complexity index is 298. The first-order valence-corrected chi connectivity index (χ1v) is 5.07. The van der Waals surface area contributed by atoms with Crippen LogP contribution in [0.4, 0.5) is 0 Å². The van der Waals surface area contributed by atoms with Crippen LogP contribution in [0.25, 0.3) is 0 Å². The molecule has 0 aromatic heterocycles. The Hall–Kier alpha value is -1.35. The predicted molar refractivity (Wildman–Crippen MR) is 59.5 cm³/mol. The van der Waals surface area contributed by atoms with Crippen molar-refractivity contribution in [1.29, 1.82) is 0 Å². The van der Waals surface area contributed by atoms with Gasteiger partial charge in [0.25, 0.3) is 0 Å². The molecule has 0 aliphatic carbocycles. The van der Waals surface area contributed by atoms with E-state index in [2.05, 4.69) is 5.32 Å². The van der Waals surface area contributed by atoms with Crippen LogP contribution in [0.3, 0.4) is 0 Å². The summed E-state index contributed by atoms with van der Waals surface area (Å²) in [4.78, 5) is 11.4. The number of amides is 1. The van der Waals surface area contributed by atoms with Crippen LogP contribution in [0, 0.1) is 0 Å². The number of carbonyl (C=O) groups excluding carboxylic acids is 1. The minimum Gasteiger partial charge on any atom is -0.384 e. The van der Waals surface area contributed by atoms with Gasteiger partial charge in [0.1, 0.15) is 0 Å². The lowest BCUT2D eigenvalue weighted by atomic mass is 10.1. The molecular weight excluding hydrogens is 190 g/mol. The number of hydrogen-bond acceptors (Lipinski definition) is 2. The normalized spacial score (nSPS) is 12.1. The third kappa shape index (κ3) is 4.13. The van der Waals surface area contributed by atoms with Gasteiger partial charge in [-0.1, -0.05) is 30.3 Å². The number of hydrogen-bond donors (Lipinski definition) is 1. The molecule has 3 nitrogen and oxygen atoms in total. The monoisotopic (exact) mass is 207 g/mol. The standard InChI is InChI=1S/C12H17NO2/c1-10(11-6-4-3-5-7-11)13-12(14)8-9-15-2/h3-7,10H,8-9H2,1-2H3,(H,13,14). The first-order valence-electron chi connectivity index (χ1n) is 5.07. The van der Waals surface area contributed by atoms with Gasteiger partial charge in [0.05, 0.1) is 12.6 Å². The molecule has 0 saturated heterocycles. The summed E-state index contributed by atoms with van der Waals surface area (Å²) in [5.74, 6) is 0.0215. The van der Waals surface area contributed by atoms with Crippen LogP contribution in [0.1, 0.15) is 24.9 Å². The van der Waals surface area contributed by atoms with Gasteiger partial charge < -0.3 is 10.1 Å².